The monoisotopic (exact) mass is 798 g/mol. The van der Waals surface area contributed by atoms with Crippen molar-refractivity contribution < 1.29 is 71.2 Å². The maximum absolute atomic E-state index is 13.0. The van der Waals surface area contributed by atoms with Crippen LogP contribution in [-0.2, 0) is 61.6 Å². The highest BCUT2D eigenvalue weighted by Crippen LogP contribution is 2.06. The van der Waals surface area contributed by atoms with Gasteiger partial charge in [0, 0.05) is 37.6 Å². The van der Waals surface area contributed by atoms with E-state index in [1.165, 1.54) is 7.11 Å². The topological polar surface area (TPSA) is 238 Å². The van der Waals surface area contributed by atoms with Crippen LogP contribution in [0.25, 0.3) is 10.4 Å². The van der Waals surface area contributed by atoms with E-state index < -0.39 is 17.8 Å². The van der Waals surface area contributed by atoms with Gasteiger partial charge in [-0.2, -0.15) is 0 Å². The molecule has 3 amide bonds. The summed E-state index contributed by atoms with van der Waals surface area (Å²) in [6.45, 7) is 14.3. The molecular weight excluding hydrogens is 732 g/mol. The molecule has 0 aliphatic rings. The minimum atomic E-state index is -0.551. The molecule has 0 aliphatic carbocycles. The molecule has 0 fully saturated rings. The predicted molar refractivity (Wildman–Crippen MR) is 198 cm³/mol. The Morgan fingerprint density at radius 2 is 0.909 bits per heavy atom. The molecule has 0 spiro atoms. The SMILES string of the molecule is COC(=O)NCCOCCOCCOCCOCCC(=O)N(CCOCCOCCOCCN=[N+]=[N-])CCOCCOCCOCCNC(=O)OC(C)(C)C. The van der Waals surface area contributed by atoms with Crippen LogP contribution in [0, 0.1) is 0 Å². The smallest absolute Gasteiger partial charge is 0.407 e. The van der Waals surface area contributed by atoms with Crippen molar-refractivity contribution in [1.82, 2.24) is 15.5 Å². The molecule has 0 aliphatic heterocycles. The zero-order chi connectivity index (χ0) is 40.5. The molecule has 0 aromatic rings. The quantitative estimate of drug-likeness (QED) is 0.0388. The van der Waals surface area contributed by atoms with Crippen molar-refractivity contribution in [1.29, 1.82) is 0 Å². The van der Waals surface area contributed by atoms with Gasteiger partial charge in [-0.05, 0) is 26.3 Å². The van der Waals surface area contributed by atoms with Crippen LogP contribution in [0.1, 0.15) is 27.2 Å². The number of hydrogen-bond donors (Lipinski definition) is 2. The molecule has 0 bridgehead atoms. The van der Waals surface area contributed by atoms with Crippen LogP contribution in [-0.4, -0.2) is 201 Å². The number of hydrogen-bond acceptors (Lipinski definition) is 16. The summed E-state index contributed by atoms with van der Waals surface area (Å²) in [6.07, 6.45) is -0.795. The van der Waals surface area contributed by atoms with Gasteiger partial charge in [0.1, 0.15) is 5.60 Å². The average molecular weight is 799 g/mol. The molecule has 21 heteroatoms. The van der Waals surface area contributed by atoms with Gasteiger partial charge < -0.3 is 72.4 Å². The highest BCUT2D eigenvalue weighted by molar-refractivity contribution is 5.76. The number of alkyl carbamates (subject to hydrolysis) is 2. The first-order chi connectivity index (χ1) is 26.7. The summed E-state index contributed by atoms with van der Waals surface area (Å²) in [7, 11) is 1.30. The van der Waals surface area contributed by atoms with Crippen LogP contribution in [0.15, 0.2) is 5.11 Å². The Kier molecular flexibility index (Phi) is 37.0. The van der Waals surface area contributed by atoms with Gasteiger partial charge >= 0.3 is 12.2 Å². The number of methoxy groups -OCH3 is 1. The van der Waals surface area contributed by atoms with Gasteiger partial charge in [0.15, 0.2) is 0 Å². The van der Waals surface area contributed by atoms with Gasteiger partial charge in [0.05, 0.1) is 146 Å². The van der Waals surface area contributed by atoms with Gasteiger partial charge in [0.2, 0.25) is 5.91 Å². The van der Waals surface area contributed by atoms with E-state index in [1.807, 2.05) is 0 Å². The Labute approximate surface area is 325 Å². The van der Waals surface area contributed by atoms with Gasteiger partial charge in [-0.25, -0.2) is 9.59 Å². The zero-order valence-electron chi connectivity index (χ0n) is 33.3. The summed E-state index contributed by atoms with van der Waals surface area (Å²) >= 11 is 0. The van der Waals surface area contributed by atoms with Crippen molar-refractivity contribution in [3.63, 3.8) is 0 Å². The minimum Gasteiger partial charge on any atom is -0.453 e. The van der Waals surface area contributed by atoms with E-state index in [4.69, 9.17) is 57.6 Å². The molecule has 0 radical (unpaired) electrons. The number of carbonyl (C=O) groups excluding carboxylic acids is 3. The van der Waals surface area contributed by atoms with E-state index in [0.717, 1.165) is 0 Å². The normalized spacial score (nSPS) is 11.2. The fourth-order valence-corrected chi connectivity index (χ4v) is 3.86. The van der Waals surface area contributed by atoms with Crippen molar-refractivity contribution in [2.45, 2.75) is 32.8 Å². The summed E-state index contributed by atoms with van der Waals surface area (Å²) in [5.41, 5.74) is 7.70. The van der Waals surface area contributed by atoms with Gasteiger partial charge in [-0.1, -0.05) is 5.11 Å². The largest absolute Gasteiger partial charge is 0.453 e. The summed E-state index contributed by atoms with van der Waals surface area (Å²) in [6, 6.07) is 0. The van der Waals surface area contributed by atoms with E-state index in [9.17, 15) is 14.4 Å². The molecular formula is C34H66N6O15. The molecule has 0 rings (SSSR count). The third kappa shape index (κ3) is 40.4. The number of nitrogens with zero attached hydrogens (tertiary/aromatic N) is 4. The molecule has 0 saturated carbocycles. The molecule has 21 nitrogen and oxygen atoms in total. The second kappa shape index (κ2) is 39.2. The van der Waals surface area contributed by atoms with Crippen LogP contribution < -0.4 is 10.6 Å². The second-order valence-corrected chi connectivity index (χ2v) is 12.1. The lowest BCUT2D eigenvalue weighted by molar-refractivity contribution is -0.134. The first-order valence-electron chi connectivity index (χ1n) is 18.5. The van der Waals surface area contributed by atoms with Gasteiger partial charge in [-0.3, -0.25) is 4.79 Å². The highest BCUT2D eigenvalue weighted by atomic mass is 16.6. The molecule has 0 aromatic heterocycles. The molecule has 0 atom stereocenters. The predicted octanol–water partition coefficient (Wildman–Crippen LogP) is 1.56. The second-order valence-electron chi connectivity index (χ2n) is 12.1. The molecule has 0 unspecified atom stereocenters. The van der Waals surface area contributed by atoms with Crippen molar-refractivity contribution >= 4 is 18.1 Å². The van der Waals surface area contributed by atoms with Crippen LogP contribution >= 0.6 is 0 Å². The molecule has 0 aromatic carbocycles. The first kappa shape index (κ1) is 51.9. The van der Waals surface area contributed by atoms with Crippen LogP contribution in [0.4, 0.5) is 9.59 Å². The number of amides is 3. The Bertz CT molecular complexity index is 974. The molecule has 55 heavy (non-hydrogen) atoms. The highest BCUT2D eigenvalue weighted by Gasteiger charge is 2.16. The maximum Gasteiger partial charge on any atom is 0.407 e. The molecule has 0 heterocycles. The standard InChI is InChI=1S/C34H66N6O15/c1-34(2,3)55-33(43)37-7-13-47-19-24-52-27-21-49-15-9-40(10-16-50-22-28-53-26-20-48-14-8-38-39-35)31(41)5-11-45-17-23-51-29-30-54-25-18-46-12-6-36-32(42)44-4/h5-30H2,1-4H3,(H,36,42)(H,37,43). The number of nitrogens with one attached hydrogen (secondary N) is 2. The van der Waals surface area contributed by atoms with Crippen molar-refractivity contribution in [3.05, 3.63) is 10.4 Å². The lowest BCUT2D eigenvalue weighted by atomic mass is 10.2. The fraction of sp³-hybridized carbons (Fsp3) is 0.912. The summed E-state index contributed by atoms with van der Waals surface area (Å²) in [4.78, 5) is 39.8. The van der Waals surface area contributed by atoms with E-state index >= 15 is 0 Å². The number of rotatable bonds is 39. The first-order valence-corrected chi connectivity index (χ1v) is 18.5. The van der Waals surface area contributed by atoms with Gasteiger partial charge in [0.25, 0.3) is 0 Å². The Balaban J connectivity index is 4.13. The van der Waals surface area contributed by atoms with E-state index in [-0.39, 0.29) is 25.5 Å². The van der Waals surface area contributed by atoms with Crippen LogP contribution in [0.5, 0.6) is 0 Å². The van der Waals surface area contributed by atoms with Crippen molar-refractivity contribution in [2.75, 3.05) is 172 Å². The summed E-state index contributed by atoms with van der Waals surface area (Å²) in [5.74, 6) is -0.0893. The van der Waals surface area contributed by atoms with E-state index in [0.29, 0.717) is 152 Å². The van der Waals surface area contributed by atoms with E-state index in [2.05, 4.69) is 25.4 Å². The summed E-state index contributed by atoms with van der Waals surface area (Å²) < 4.78 is 64.5. The van der Waals surface area contributed by atoms with E-state index in [1.54, 1.807) is 25.7 Å². The third-order valence-corrected chi connectivity index (χ3v) is 6.44. The molecule has 322 valence electrons. The molecule has 0 saturated heterocycles. The Morgan fingerprint density at radius 1 is 0.545 bits per heavy atom. The third-order valence-electron chi connectivity index (χ3n) is 6.44. The van der Waals surface area contributed by atoms with Crippen LogP contribution in [0.3, 0.4) is 0 Å². The summed E-state index contributed by atoms with van der Waals surface area (Å²) in [5, 5.41) is 8.52. The van der Waals surface area contributed by atoms with Crippen LogP contribution in [0.2, 0.25) is 0 Å². The fourth-order valence-electron chi connectivity index (χ4n) is 3.86. The number of carbonyl (C=O) groups is 3. The average Bonchev–Trinajstić information content (AvgIpc) is 3.15. The lowest BCUT2D eigenvalue weighted by Crippen LogP contribution is -2.37. The van der Waals surface area contributed by atoms with Crippen molar-refractivity contribution in [3.8, 4) is 0 Å². The zero-order valence-corrected chi connectivity index (χ0v) is 33.3. The lowest BCUT2D eigenvalue weighted by Gasteiger charge is -2.23. The number of azide groups is 1. The Morgan fingerprint density at radius 3 is 1.31 bits per heavy atom. The Hall–Kier alpha value is -3.08. The number of ether oxygens (including phenoxy) is 12. The molecule has 2 N–H and O–H groups in total. The van der Waals surface area contributed by atoms with Gasteiger partial charge in [-0.15, -0.1) is 0 Å². The minimum absolute atomic E-state index is 0.0893. The maximum atomic E-state index is 13.0. The van der Waals surface area contributed by atoms with Crippen molar-refractivity contribution in [2.24, 2.45) is 5.11 Å².